The largest absolute Gasteiger partial charge is 0.481 e. The van der Waals surface area contributed by atoms with Gasteiger partial charge in [0, 0.05) is 11.3 Å². The van der Waals surface area contributed by atoms with Gasteiger partial charge in [-0.25, -0.2) is 4.79 Å². The van der Waals surface area contributed by atoms with Crippen LogP contribution in [0, 0.1) is 0 Å². The van der Waals surface area contributed by atoms with E-state index in [0.717, 1.165) is 0 Å². The molecule has 9 heteroatoms. The summed E-state index contributed by atoms with van der Waals surface area (Å²) >= 11 is 0. The third kappa shape index (κ3) is 3.29. The number of amides is 2. The van der Waals surface area contributed by atoms with Gasteiger partial charge in [0.1, 0.15) is 6.04 Å². The van der Waals surface area contributed by atoms with E-state index in [1.54, 1.807) is 18.2 Å². The van der Waals surface area contributed by atoms with Gasteiger partial charge in [0.2, 0.25) is 5.91 Å². The number of hydrogen-bond donors (Lipinski definition) is 5. The molecule has 0 aliphatic carbocycles. The topological polar surface area (TPSA) is 153 Å². The van der Waals surface area contributed by atoms with Crippen LogP contribution in [-0.4, -0.2) is 45.1 Å². The molecule has 0 radical (unpaired) electrons. The van der Waals surface area contributed by atoms with Crippen LogP contribution in [-0.2, 0) is 24.8 Å². The summed E-state index contributed by atoms with van der Waals surface area (Å²) in [6.07, 6.45) is -1.54. The molecule has 2 atom stereocenters. The van der Waals surface area contributed by atoms with Crippen LogP contribution < -0.4 is 10.6 Å². The minimum atomic E-state index is -2.13. The minimum Gasteiger partial charge on any atom is -0.481 e. The lowest BCUT2D eigenvalue weighted by Crippen LogP contribution is -2.46. The summed E-state index contributed by atoms with van der Waals surface area (Å²) in [7, 11) is 0. The van der Waals surface area contributed by atoms with Crippen molar-refractivity contribution in [2.45, 2.75) is 24.5 Å². The first-order valence-electron chi connectivity index (χ1n) is 6.61. The molecule has 2 unspecified atom stereocenters. The molecule has 2 rings (SSSR count). The summed E-state index contributed by atoms with van der Waals surface area (Å²) in [5, 5.41) is 32.4. The van der Waals surface area contributed by atoms with E-state index in [-0.39, 0.29) is 5.56 Å². The first kappa shape index (κ1) is 16.4. The molecule has 122 valence electrons. The fourth-order valence-electron chi connectivity index (χ4n) is 2.33. The monoisotopic (exact) mass is 322 g/mol. The zero-order chi connectivity index (χ0) is 17.2. The predicted octanol–water partition coefficient (Wildman–Crippen LogP) is -0.739. The zero-order valence-electron chi connectivity index (χ0n) is 11.8. The fraction of sp³-hybridized carbons (Fsp3) is 0.286. The number of benzene rings is 1. The smallest absolute Gasteiger partial charge is 0.326 e. The van der Waals surface area contributed by atoms with Gasteiger partial charge in [-0.1, -0.05) is 18.2 Å². The number of anilines is 1. The average Bonchev–Trinajstić information content (AvgIpc) is 2.69. The molecular weight excluding hydrogens is 308 g/mol. The Bertz CT molecular complexity index is 687. The van der Waals surface area contributed by atoms with Crippen molar-refractivity contribution in [2.75, 3.05) is 5.32 Å². The van der Waals surface area contributed by atoms with Gasteiger partial charge >= 0.3 is 11.9 Å². The van der Waals surface area contributed by atoms with Crippen LogP contribution in [0.25, 0.3) is 0 Å². The van der Waals surface area contributed by atoms with Crippen molar-refractivity contribution in [3.05, 3.63) is 29.8 Å². The van der Waals surface area contributed by atoms with Gasteiger partial charge in [-0.15, -0.1) is 0 Å². The molecule has 0 bridgehead atoms. The molecule has 0 saturated carbocycles. The maximum absolute atomic E-state index is 11.9. The predicted molar refractivity (Wildman–Crippen MR) is 75.4 cm³/mol. The SMILES string of the molecule is O=C(O)CC(NC(=O)CC1(O)C(=O)Nc2ccccc21)C(=O)O. The van der Waals surface area contributed by atoms with Crippen molar-refractivity contribution < 1.29 is 34.5 Å². The molecule has 1 aromatic carbocycles. The fourth-order valence-corrected chi connectivity index (χ4v) is 2.33. The molecule has 2 amide bonds. The van der Waals surface area contributed by atoms with Gasteiger partial charge in [-0.05, 0) is 6.07 Å². The quantitative estimate of drug-likeness (QED) is 0.462. The van der Waals surface area contributed by atoms with Crippen LogP contribution in [0.3, 0.4) is 0 Å². The van der Waals surface area contributed by atoms with Gasteiger partial charge in [0.25, 0.3) is 5.91 Å². The zero-order valence-corrected chi connectivity index (χ0v) is 11.8. The van der Waals surface area contributed by atoms with Crippen molar-refractivity contribution in [1.29, 1.82) is 0 Å². The number of aliphatic carboxylic acids is 2. The first-order chi connectivity index (χ1) is 10.7. The molecule has 0 spiro atoms. The van der Waals surface area contributed by atoms with Crippen LogP contribution in [0.4, 0.5) is 5.69 Å². The number of carbonyl (C=O) groups excluding carboxylic acids is 2. The van der Waals surface area contributed by atoms with E-state index in [9.17, 15) is 24.3 Å². The third-order valence-electron chi connectivity index (χ3n) is 3.42. The Morgan fingerprint density at radius 1 is 1.22 bits per heavy atom. The lowest BCUT2D eigenvalue weighted by Gasteiger charge is -2.21. The van der Waals surface area contributed by atoms with E-state index in [1.165, 1.54) is 6.07 Å². The maximum atomic E-state index is 11.9. The molecule has 0 saturated heterocycles. The van der Waals surface area contributed by atoms with E-state index in [1.807, 2.05) is 5.32 Å². The number of carboxylic acid groups (broad SMARTS) is 2. The Hall–Kier alpha value is -2.94. The molecule has 1 heterocycles. The van der Waals surface area contributed by atoms with Crippen molar-refractivity contribution in [2.24, 2.45) is 0 Å². The third-order valence-corrected chi connectivity index (χ3v) is 3.42. The summed E-state index contributed by atoms with van der Waals surface area (Å²) in [5.74, 6) is -4.68. The molecule has 1 aromatic rings. The lowest BCUT2D eigenvalue weighted by atomic mass is 9.91. The normalized spacial score (nSPS) is 20.3. The number of carbonyl (C=O) groups is 4. The van der Waals surface area contributed by atoms with Crippen LogP contribution in [0.2, 0.25) is 0 Å². The van der Waals surface area contributed by atoms with Gasteiger partial charge in [0.15, 0.2) is 5.60 Å². The van der Waals surface area contributed by atoms with E-state index in [2.05, 4.69) is 5.32 Å². The second-order valence-corrected chi connectivity index (χ2v) is 5.09. The number of carboxylic acids is 2. The molecule has 1 aliphatic rings. The standard InChI is InChI=1S/C14H14N2O7/c17-10(15-9(12(20)21)5-11(18)19)6-14(23)7-3-1-2-4-8(7)16-13(14)22/h1-4,9,23H,5-6H2,(H,15,17)(H,16,22)(H,18,19)(H,20,21). The van der Waals surface area contributed by atoms with Crippen LogP contribution >= 0.6 is 0 Å². The number of rotatable bonds is 6. The number of hydrogen-bond acceptors (Lipinski definition) is 5. The Labute approximate surface area is 129 Å². The van der Waals surface area contributed by atoms with Gasteiger partial charge in [0.05, 0.1) is 12.8 Å². The van der Waals surface area contributed by atoms with Gasteiger partial charge in [-0.2, -0.15) is 0 Å². The summed E-state index contributed by atoms with van der Waals surface area (Å²) in [6, 6.07) is 4.58. The van der Waals surface area contributed by atoms with E-state index >= 15 is 0 Å². The van der Waals surface area contributed by atoms with E-state index < -0.39 is 48.2 Å². The Balaban J connectivity index is 2.14. The summed E-state index contributed by atoms with van der Waals surface area (Å²) in [4.78, 5) is 45.4. The summed E-state index contributed by atoms with van der Waals surface area (Å²) in [5.41, 5.74) is -1.58. The highest BCUT2D eigenvalue weighted by Gasteiger charge is 2.46. The van der Waals surface area contributed by atoms with Gasteiger partial charge < -0.3 is 26.0 Å². The maximum Gasteiger partial charge on any atom is 0.326 e. The molecule has 0 aromatic heterocycles. The molecular formula is C14H14N2O7. The van der Waals surface area contributed by atoms with Crippen molar-refractivity contribution >= 4 is 29.4 Å². The highest BCUT2D eigenvalue weighted by molar-refractivity contribution is 6.07. The van der Waals surface area contributed by atoms with Crippen LogP contribution in [0.1, 0.15) is 18.4 Å². The lowest BCUT2D eigenvalue weighted by molar-refractivity contribution is -0.148. The highest BCUT2D eigenvalue weighted by atomic mass is 16.4. The first-order valence-corrected chi connectivity index (χ1v) is 6.61. The molecule has 0 fully saturated rings. The van der Waals surface area contributed by atoms with E-state index in [0.29, 0.717) is 5.69 Å². The van der Waals surface area contributed by atoms with E-state index in [4.69, 9.17) is 10.2 Å². The Kier molecular flexibility index (Phi) is 4.32. The molecule has 5 N–H and O–H groups in total. The molecule has 23 heavy (non-hydrogen) atoms. The van der Waals surface area contributed by atoms with Crippen LogP contribution in [0.15, 0.2) is 24.3 Å². The van der Waals surface area contributed by atoms with Crippen molar-refractivity contribution in [3.8, 4) is 0 Å². The molecule has 9 nitrogen and oxygen atoms in total. The van der Waals surface area contributed by atoms with Gasteiger partial charge in [-0.3, -0.25) is 14.4 Å². The minimum absolute atomic E-state index is 0.199. The second kappa shape index (κ2) is 6.05. The van der Waals surface area contributed by atoms with Crippen molar-refractivity contribution in [3.63, 3.8) is 0 Å². The number of aliphatic hydroxyl groups is 1. The Morgan fingerprint density at radius 2 is 1.87 bits per heavy atom. The average molecular weight is 322 g/mol. The summed E-state index contributed by atoms with van der Waals surface area (Å²) in [6.45, 7) is 0. The number of para-hydroxylation sites is 1. The van der Waals surface area contributed by atoms with Crippen LogP contribution in [0.5, 0.6) is 0 Å². The number of fused-ring (bicyclic) bond motifs is 1. The van der Waals surface area contributed by atoms with Crippen molar-refractivity contribution in [1.82, 2.24) is 5.32 Å². The summed E-state index contributed by atoms with van der Waals surface area (Å²) < 4.78 is 0. The molecule has 1 aliphatic heterocycles. The number of nitrogens with one attached hydrogen (secondary N) is 2. The highest BCUT2D eigenvalue weighted by Crippen LogP contribution is 2.37. The Morgan fingerprint density at radius 3 is 2.48 bits per heavy atom. The second-order valence-electron chi connectivity index (χ2n) is 5.09.